The van der Waals surface area contributed by atoms with Gasteiger partial charge in [-0.05, 0) is 29.9 Å². The van der Waals surface area contributed by atoms with Gasteiger partial charge < -0.3 is 14.8 Å². The number of carbonyl (C=O) groups is 2. The standard InChI is InChI=1S/C24H25N3O2/c28-22-14-24(17-25-22)10-12-26(13-11-24)23(29)20-16-27(15-18-6-2-1-3-7-18)21-9-5-4-8-19(20)21/h1-9,16H,10-15,17H2,(H,25,28). The number of nitrogens with zero attached hydrogens (tertiary/aromatic N) is 2. The Morgan fingerprint density at radius 2 is 1.72 bits per heavy atom. The van der Waals surface area contributed by atoms with Crippen molar-refractivity contribution in [3.8, 4) is 0 Å². The van der Waals surface area contributed by atoms with Crippen LogP contribution < -0.4 is 5.32 Å². The summed E-state index contributed by atoms with van der Waals surface area (Å²) in [4.78, 5) is 27.0. The number of rotatable bonds is 3. The number of hydrogen-bond acceptors (Lipinski definition) is 2. The van der Waals surface area contributed by atoms with Crippen molar-refractivity contribution in [1.29, 1.82) is 0 Å². The van der Waals surface area contributed by atoms with Gasteiger partial charge in [-0.3, -0.25) is 9.59 Å². The number of piperidine rings is 1. The van der Waals surface area contributed by atoms with Gasteiger partial charge in [-0.15, -0.1) is 0 Å². The van der Waals surface area contributed by atoms with Crippen molar-refractivity contribution in [1.82, 2.24) is 14.8 Å². The van der Waals surface area contributed by atoms with E-state index in [1.54, 1.807) is 0 Å². The summed E-state index contributed by atoms with van der Waals surface area (Å²) in [5.41, 5.74) is 3.12. The molecule has 5 nitrogen and oxygen atoms in total. The highest BCUT2D eigenvalue weighted by molar-refractivity contribution is 6.07. The van der Waals surface area contributed by atoms with E-state index in [1.807, 2.05) is 47.5 Å². The van der Waals surface area contributed by atoms with Crippen LogP contribution in [0.2, 0.25) is 0 Å². The van der Waals surface area contributed by atoms with Gasteiger partial charge >= 0.3 is 0 Å². The summed E-state index contributed by atoms with van der Waals surface area (Å²) < 4.78 is 2.17. The zero-order valence-electron chi connectivity index (χ0n) is 16.4. The fourth-order valence-corrected chi connectivity index (χ4v) is 4.79. The normalized spacial score (nSPS) is 18.3. The van der Waals surface area contributed by atoms with Crippen molar-refractivity contribution >= 4 is 22.7 Å². The topological polar surface area (TPSA) is 54.3 Å². The third-order valence-electron chi connectivity index (χ3n) is 6.52. The molecule has 2 aliphatic rings. The van der Waals surface area contributed by atoms with E-state index < -0.39 is 0 Å². The fourth-order valence-electron chi connectivity index (χ4n) is 4.79. The summed E-state index contributed by atoms with van der Waals surface area (Å²) in [6, 6.07) is 18.4. The fraction of sp³-hybridized carbons (Fsp3) is 0.333. The molecule has 2 aromatic carbocycles. The Morgan fingerprint density at radius 1 is 1.00 bits per heavy atom. The number of benzene rings is 2. The maximum Gasteiger partial charge on any atom is 0.256 e. The van der Waals surface area contributed by atoms with Crippen molar-refractivity contribution in [3.05, 3.63) is 71.9 Å². The van der Waals surface area contributed by atoms with E-state index in [0.717, 1.165) is 42.4 Å². The summed E-state index contributed by atoms with van der Waals surface area (Å²) in [7, 11) is 0. The first-order valence-corrected chi connectivity index (χ1v) is 10.3. The predicted octanol–water partition coefficient (Wildman–Crippen LogP) is 3.43. The lowest BCUT2D eigenvalue weighted by atomic mass is 9.77. The third-order valence-corrected chi connectivity index (χ3v) is 6.52. The molecule has 0 aliphatic carbocycles. The molecular formula is C24H25N3O2. The van der Waals surface area contributed by atoms with E-state index in [2.05, 4.69) is 28.1 Å². The van der Waals surface area contributed by atoms with Crippen molar-refractivity contribution in [2.45, 2.75) is 25.8 Å². The highest BCUT2D eigenvalue weighted by atomic mass is 16.2. The second-order valence-corrected chi connectivity index (χ2v) is 8.42. The van der Waals surface area contributed by atoms with Crippen LogP contribution in [0.25, 0.3) is 10.9 Å². The number of carbonyl (C=O) groups excluding carboxylic acids is 2. The van der Waals surface area contributed by atoms with Crippen LogP contribution in [0.4, 0.5) is 0 Å². The molecular weight excluding hydrogens is 362 g/mol. The Balaban J connectivity index is 1.40. The Kier molecular flexibility index (Phi) is 4.38. The lowest BCUT2D eigenvalue weighted by Gasteiger charge is -2.38. The molecule has 1 aromatic heterocycles. The molecule has 3 aromatic rings. The van der Waals surface area contributed by atoms with Crippen molar-refractivity contribution < 1.29 is 9.59 Å². The highest BCUT2D eigenvalue weighted by Crippen LogP contribution is 2.38. The number of para-hydroxylation sites is 1. The Morgan fingerprint density at radius 3 is 2.45 bits per heavy atom. The molecule has 148 valence electrons. The van der Waals surface area contributed by atoms with Crippen LogP contribution in [-0.2, 0) is 11.3 Å². The van der Waals surface area contributed by atoms with Gasteiger partial charge in [0, 0.05) is 49.7 Å². The van der Waals surface area contributed by atoms with Crippen LogP contribution >= 0.6 is 0 Å². The maximum atomic E-state index is 13.4. The first-order valence-electron chi connectivity index (χ1n) is 10.3. The third kappa shape index (κ3) is 3.31. The summed E-state index contributed by atoms with van der Waals surface area (Å²) in [5, 5.41) is 3.97. The Labute approximate surface area is 170 Å². The maximum absolute atomic E-state index is 13.4. The summed E-state index contributed by atoms with van der Waals surface area (Å²) in [6.45, 7) is 2.92. The van der Waals surface area contributed by atoms with Crippen LogP contribution in [0.5, 0.6) is 0 Å². The molecule has 5 heteroatoms. The lowest BCUT2D eigenvalue weighted by Crippen LogP contribution is -2.44. The minimum Gasteiger partial charge on any atom is -0.356 e. The van der Waals surface area contributed by atoms with E-state index in [0.29, 0.717) is 19.5 Å². The van der Waals surface area contributed by atoms with E-state index in [4.69, 9.17) is 0 Å². The van der Waals surface area contributed by atoms with Gasteiger partial charge in [0.05, 0.1) is 5.56 Å². The molecule has 0 saturated carbocycles. The lowest BCUT2D eigenvalue weighted by molar-refractivity contribution is -0.119. The van der Waals surface area contributed by atoms with Crippen LogP contribution in [0.1, 0.15) is 35.2 Å². The summed E-state index contributed by atoms with van der Waals surface area (Å²) in [5.74, 6) is 0.244. The molecule has 3 heterocycles. The first-order chi connectivity index (χ1) is 14.1. The quantitative estimate of drug-likeness (QED) is 0.749. The molecule has 0 unspecified atom stereocenters. The van der Waals surface area contributed by atoms with Gasteiger partial charge in [-0.25, -0.2) is 0 Å². The molecule has 0 atom stereocenters. The predicted molar refractivity (Wildman–Crippen MR) is 113 cm³/mol. The molecule has 2 saturated heterocycles. The second-order valence-electron chi connectivity index (χ2n) is 8.42. The number of aromatic nitrogens is 1. The van der Waals surface area contributed by atoms with E-state index >= 15 is 0 Å². The van der Waals surface area contributed by atoms with Gasteiger partial charge in [0.15, 0.2) is 0 Å². The number of hydrogen-bond donors (Lipinski definition) is 1. The average molecular weight is 387 g/mol. The van der Waals surface area contributed by atoms with E-state index in [9.17, 15) is 9.59 Å². The van der Waals surface area contributed by atoms with Gasteiger partial charge in [0.2, 0.25) is 5.91 Å². The van der Waals surface area contributed by atoms with Crippen molar-refractivity contribution in [2.24, 2.45) is 5.41 Å². The summed E-state index contributed by atoms with van der Waals surface area (Å²) >= 11 is 0. The van der Waals surface area contributed by atoms with E-state index in [1.165, 1.54) is 5.56 Å². The average Bonchev–Trinajstić information content (AvgIpc) is 3.30. The smallest absolute Gasteiger partial charge is 0.256 e. The minimum absolute atomic E-state index is 0.0508. The minimum atomic E-state index is 0.0508. The van der Waals surface area contributed by atoms with Crippen LogP contribution in [-0.4, -0.2) is 40.9 Å². The monoisotopic (exact) mass is 387 g/mol. The molecule has 29 heavy (non-hydrogen) atoms. The summed E-state index contributed by atoms with van der Waals surface area (Å²) in [6.07, 6.45) is 4.39. The van der Waals surface area contributed by atoms with E-state index in [-0.39, 0.29) is 17.2 Å². The van der Waals surface area contributed by atoms with Crippen molar-refractivity contribution in [2.75, 3.05) is 19.6 Å². The zero-order valence-corrected chi connectivity index (χ0v) is 16.4. The second kappa shape index (κ2) is 7.07. The number of nitrogens with one attached hydrogen (secondary N) is 1. The molecule has 1 spiro atoms. The van der Waals surface area contributed by atoms with Crippen LogP contribution in [0, 0.1) is 5.41 Å². The van der Waals surface area contributed by atoms with Gasteiger partial charge in [-0.1, -0.05) is 48.5 Å². The van der Waals surface area contributed by atoms with Gasteiger partial charge in [-0.2, -0.15) is 0 Å². The molecule has 5 rings (SSSR count). The SMILES string of the molecule is O=C1CC2(CCN(C(=O)c3cn(Cc4ccccc4)c4ccccc34)CC2)CN1. The first kappa shape index (κ1) is 18.0. The number of likely N-dealkylation sites (tertiary alicyclic amines) is 1. The van der Waals surface area contributed by atoms with Crippen LogP contribution in [0.15, 0.2) is 60.8 Å². The molecule has 2 amide bonds. The molecule has 2 aliphatic heterocycles. The Bertz CT molecular complexity index is 1060. The number of amides is 2. The molecule has 2 fully saturated rings. The molecule has 1 N–H and O–H groups in total. The van der Waals surface area contributed by atoms with Gasteiger partial charge in [0.25, 0.3) is 5.91 Å². The zero-order chi connectivity index (χ0) is 19.8. The molecule has 0 radical (unpaired) electrons. The molecule has 0 bridgehead atoms. The Hall–Kier alpha value is -3.08. The largest absolute Gasteiger partial charge is 0.356 e. The van der Waals surface area contributed by atoms with Crippen LogP contribution in [0.3, 0.4) is 0 Å². The highest BCUT2D eigenvalue weighted by Gasteiger charge is 2.41. The number of fused-ring (bicyclic) bond motifs is 1. The van der Waals surface area contributed by atoms with Crippen molar-refractivity contribution in [3.63, 3.8) is 0 Å². The van der Waals surface area contributed by atoms with Gasteiger partial charge in [0.1, 0.15) is 0 Å².